The summed E-state index contributed by atoms with van der Waals surface area (Å²) in [5.74, 6) is -0.206. The maximum absolute atomic E-state index is 10.2. The fraction of sp³-hybridized carbons (Fsp3) is 0.667. The molecule has 3 nitrogen and oxygen atoms in total. The van der Waals surface area contributed by atoms with Crippen LogP contribution in [0.5, 0.6) is 0 Å². The van der Waals surface area contributed by atoms with Crippen molar-refractivity contribution in [3.8, 4) is 0 Å². The van der Waals surface area contributed by atoms with Crippen molar-refractivity contribution in [2.24, 2.45) is 0 Å². The van der Waals surface area contributed by atoms with Crippen LogP contribution in [0.1, 0.15) is 12.8 Å². The lowest BCUT2D eigenvalue weighted by Crippen LogP contribution is -2.13. The minimum absolute atomic E-state index is 0.206. The number of rotatable bonds is 4. The van der Waals surface area contributed by atoms with Gasteiger partial charge in [-0.1, -0.05) is 0 Å². The quantitative estimate of drug-likeness (QED) is 0.481. The van der Waals surface area contributed by atoms with E-state index in [1.54, 1.807) is 0 Å². The number of hydrogen-bond acceptors (Lipinski definition) is 3. The highest BCUT2D eigenvalue weighted by molar-refractivity contribution is 4.77. The Hall–Kier alpha value is -0.540. The zero-order valence-electron chi connectivity index (χ0n) is 5.21. The van der Waals surface area contributed by atoms with Gasteiger partial charge < -0.3 is 15.3 Å². The van der Waals surface area contributed by atoms with Crippen LogP contribution >= 0.6 is 0 Å². The summed E-state index contributed by atoms with van der Waals surface area (Å²) in [7, 11) is 0. The van der Waals surface area contributed by atoms with Gasteiger partial charge in [0.15, 0.2) is 0 Å². The summed E-state index contributed by atoms with van der Waals surface area (Å²) in [5, 5.41) is 27.1. The topological polar surface area (TPSA) is 63.5 Å². The third-order valence-corrected chi connectivity index (χ3v) is 0.967. The molecule has 0 amide bonds. The van der Waals surface area contributed by atoms with Gasteiger partial charge in [-0.2, -0.15) is 0 Å². The molecule has 2 N–H and O–H groups in total. The minimum atomic E-state index is -0.768. The lowest BCUT2D eigenvalue weighted by Gasteiger charge is -2.10. The molecule has 0 aromatic carbocycles. The first kappa shape index (κ1) is 8.46. The summed E-state index contributed by atoms with van der Waals surface area (Å²) in [5.41, 5.74) is 0. The van der Waals surface area contributed by atoms with Gasteiger partial charge >= 0.3 is 0 Å². The van der Waals surface area contributed by atoms with Crippen molar-refractivity contribution in [3.05, 3.63) is 12.3 Å². The van der Waals surface area contributed by atoms with Crippen LogP contribution in [0.15, 0.2) is 12.3 Å². The maximum Gasteiger partial charge on any atom is 0.0773 e. The van der Waals surface area contributed by atoms with Crippen molar-refractivity contribution in [1.82, 2.24) is 0 Å². The van der Waals surface area contributed by atoms with E-state index in [2.05, 4.69) is 6.58 Å². The molecular formula is C6H11O3-. The van der Waals surface area contributed by atoms with E-state index < -0.39 is 6.10 Å². The van der Waals surface area contributed by atoms with Gasteiger partial charge in [0.05, 0.1) is 12.7 Å². The van der Waals surface area contributed by atoms with Gasteiger partial charge in [-0.25, -0.2) is 0 Å². The third-order valence-electron chi connectivity index (χ3n) is 0.967. The highest BCUT2D eigenvalue weighted by Crippen LogP contribution is 1.98. The summed E-state index contributed by atoms with van der Waals surface area (Å²) >= 11 is 0. The number of allylic oxidation sites excluding steroid dienone is 1. The summed E-state index contributed by atoms with van der Waals surface area (Å²) in [6.45, 7) is 2.83. The lowest BCUT2D eigenvalue weighted by molar-refractivity contribution is -0.306. The van der Waals surface area contributed by atoms with E-state index in [-0.39, 0.29) is 18.8 Å². The largest absolute Gasteiger partial charge is 0.876 e. The number of hydrogen-bond donors (Lipinski definition) is 2. The van der Waals surface area contributed by atoms with Crippen molar-refractivity contribution < 1.29 is 15.3 Å². The molecule has 0 aliphatic heterocycles. The smallest absolute Gasteiger partial charge is 0.0773 e. The summed E-state index contributed by atoms with van der Waals surface area (Å²) < 4.78 is 0. The highest BCUT2D eigenvalue weighted by Gasteiger charge is 1.98. The van der Waals surface area contributed by atoms with E-state index in [4.69, 9.17) is 10.2 Å². The first-order valence-corrected chi connectivity index (χ1v) is 2.80. The van der Waals surface area contributed by atoms with Crippen LogP contribution in [0, 0.1) is 0 Å². The molecule has 0 saturated carbocycles. The molecule has 1 atom stereocenters. The van der Waals surface area contributed by atoms with Crippen LogP contribution < -0.4 is 5.11 Å². The molecule has 0 saturated heterocycles. The zero-order valence-corrected chi connectivity index (χ0v) is 5.21. The molecule has 0 aromatic rings. The van der Waals surface area contributed by atoms with Crippen molar-refractivity contribution in [2.75, 3.05) is 6.61 Å². The number of aliphatic hydroxyl groups is 2. The van der Waals surface area contributed by atoms with Gasteiger partial charge in [0.2, 0.25) is 0 Å². The van der Waals surface area contributed by atoms with Crippen molar-refractivity contribution in [3.63, 3.8) is 0 Å². The van der Waals surface area contributed by atoms with Gasteiger partial charge in [-0.3, -0.25) is 0 Å². The van der Waals surface area contributed by atoms with E-state index >= 15 is 0 Å². The van der Waals surface area contributed by atoms with Gasteiger partial charge in [0, 0.05) is 0 Å². The summed E-state index contributed by atoms with van der Waals surface area (Å²) in [4.78, 5) is 0. The maximum atomic E-state index is 10.2. The molecule has 0 spiro atoms. The van der Waals surface area contributed by atoms with Gasteiger partial charge in [0.1, 0.15) is 0 Å². The average molecular weight is 131 g/mol. The van der Waals surface area contributed by atoms with Crippen molar-refractivity contribution in [1.29, 1.82) is 0 Å². The molecule has 0 heterocycles. The summed E-state index contributed by atoms with van der Waals surface area (Å²) in [6.07, 6.45) is -0.226. The van der Waals surface area contributed by atoms with Crippen LogP contribution in [0.4, 0.5) is 0 Å². The van der Waals surface area contributed by atoms with E-state index in [1.165, 1.54) is 0 Å². The molecule has 0 aliphatic carbocycles. The standard InChI is InChI=1S/C6H12O3/c1-5(8)2-3-6(9)4-7/h6-9H,1-4H2/p-1. The summed E-state index contributed by atoms with van der Waals surface area (Å²) in [6, 6.07) is 0. The van der Waals surface area contributed by atoms with Gasteiger partial charge in [-0.15, -0.1) is 12.3 Å². The van der Waals surface area contributed by atoms with Crippen LogP contribution in [-0.2, 0) is 0 Å². The Morgan fingerprint density at radius 1 is 1.67 bits per heavy atom. The molecule has 54 valence electrons. The Morgan fingerprint density at radius 3 is 2.56 bits per heavy atom. The first-order chi connectivity index (χ1) is 4.16. The molecule has 0 bridgehead atoms. The molecule has 3 heteroatoms. The van der Waals surface area contributed by atoms with Crippen molar-refractivity contribution >= 4 is 0 Å². The normalized spacial score (nSPS) is 13.1. The fourth-order valence-electron chi connectivity index (χ4n) is 0.419. The SMILES string of the molecule is C=C([O-])CCC(O)CO. The number of aliphatic hydroxyl groups excluding tert-OH is 2. The fourth-order valence-corrected chi connectivity index (χ4v) is 0.419. The Morgan fingerprint density at radius 2 is 2.22 bits per heavy atom. The van der Waals surface area contributed by atoms with Crippen LogP contribution in [0.25, 0.3) is 0 Å². The van der Waals surface area contributed by atoms with E-state index in [1.807, 2.05) is 0 Å². The Balaban J connectivity index is 3.16. The first-order valence-electron chi connectivity index (χ1n) is 2.80. The highest BCUT2D eigenvalue weighted by atomic mass is 16.3. The van der Waals surface area contributed by atoms with Gasteiger partial charge in [0.25, 0.3) is 0 Å². The molecule has 0 radical (unpaired) electrons. The van der Waals surface area contributed by atoms with E-state index in [0.29, 0.717) is 6.42 Å². The molecule has 0 fully saturated rings. The zero-order chi connectivity index (χ0) is 7.28. The van der Waals surface area contributed by atoms with Crippen molar-refractivity contribution in [2.45, 2.75) is 18.9 Å². The lowest BCUT2D eigenvalue weighted by atomic mass is 10.2. The molecule has 0 aromatic heterocycles. The molecule has 9 heavy (non-hydrogen) atoms. The van der Waals surface area contributed by atoms with Crippen LogP contribution in [0.3, 0.4) is 0 Å². The Kier molecular flexibility index (Phi) is 4.09. The predicted octanol–water partition coefficient (Wildman–Crippen LogP) is -1.01. The Labute approximate surface area is 54.3 Å². The minimum Gasteiger partial charge on any atom is -0.876 e. The van der Waals surface area contributed by atoms with Crippen LogP contribution in [-0.4, -0.2) is 22.9 Å². The second-order valence-electron chi connectivity index (χ2n) is 1.91. The van der Waals surface area contributed by atoms with Crippen LogP contribution in [0.2, 0.25) is 0 Å². The molecule has 0 aliphatic rings. The average Bonchev–Trinajstić information content (AvgIpc) is 1.83. The third kappa shape index (κ3) is 5.33. The predicted molar refractivity (Wildman–Crippen MR) is 31.5 cm³/mol. The monoisotopic (exact) mass is 131 g/mol. The van der Waals surface area contributed by atoms with Gasteiger partial charge in [-0.05, 0) is 12.8 Å². The molecule has 0 rings (SSSR count). The Bertz CT molecular complexity index is 90.3. The second kappa shape index (κ2) is 4.35. The molecule has 1 unspecified atom stereocenters. The molecular weight excluding hydrogens is 120 g/mol. The van der Waals surface area contributed by atoms with E-state index in [0.717, 1.165) is 0 Å². The van der Waals surface area contributed by atoms with E-state index in [9.17, 15) is 5.11 Å². The second-order valence-corrected chi connectivity index (χ2v) is 1.91.